The van der Waals surface area contributed by atoms with Gasteiger partial charge in [0.15, 0.2) is 11.6 Å². The first-order valence-corrected chi connectivity index (χ1v) is 9.77. The van der Waals surface area contributed by atoms with Crippen molar-refractivity contribution in [3.63, 3.8) is 0 Å². The zero-order valence-electron chi connectivity index (χ0n) is 14.9. The highest BCUT2D eigenvalue weighted by Crippen LogP contribution is 2.37. The number of benzene rings is 2. The first-order valence-electron chi connectivity index (χ1n) is 8.28. The number of pyridine rings is 1. The topological polar surface area (TPSA) is 88.6 Å². The number of hydrogen-bond donors (Lipinski definition) is 1. The smallest absolute Gasteiger partial charge is 0.263 e. The Kier molecular flexibility index (Phi) is 4.42. The Morgan fingerprint density at radius 3 is 2.48 bits per heavy atom. The molecule has 0 saturated heterocycles. The van der Waals surface area contributed by atoms with Gasteiger partial charge in [-0.2, -0.15) is 0 Å². The number of carbonyl (C=O) groups excluding carboxylic acids is 1. The number of halogens is 2. The number of nitrogens with zero attached hydrogens (tertiary/aromatic N) is 2. The number of carbonyl (C=O) groups is 1. The monoisotopic (exact) mass is 417 g/mol. The molecule has 0 aliphatic carbocycles. The van der Waals surface area contributed by atoms with Crippen molar-refractivity contribution in [1.29, 1.82) is 0 Å². The molecule has 0 bridgehead atoms. The van der Waals surface area contributed by atoms with Crippen molar-refractivity contribution < 1.29 is 26.7 Å². The van der Waals surface area contributed by atoms with Gasteiger partial charge in [0, 0.05) is 19.3 Å². The standard InChI is InChI=1S/C19H13F2N3O4S/c1-24-18-17(3-2-6-22-18)28-16-5-4-14(10-15(16)19(24)25)29(26,27)23-13-8-11(20)7-12(21)9-13/h2-10,23H,1H3. The third-order valence-electron chi connectivity index (χ3n) is 4.20. The molecule has 0 fully saturated rings. The van der Waals surface area contributed by atoms with Crippen LogP contribution in [0.25, 0.3) is 0 Å². The summed E-state index contributed by atoms with van der Waals surface area (Å²) in [6.45, 7) is 0. The predicted octanol–water partition coefficient (Wildman–Crippen LogP) is 3.54. The molecule has 10 heteroatoms. The second kappa shape index (κ2) is 6.82. The number of amides is 1. The van der Waals surface area contributed by atoms with E-state index in [1.807, 2.05) is 0 Å². The summed E-state index contributed by atoms with van der Waals surface area (Å²) in [5.41, 5.74) is -0.285. The van der Waals surface area contributed by atoms with E-state index >= 15 is 0 Å². The van der Waals surface area contributed by atoms with E-state index in [1.165, 1.54) is 30.3 Å². The Hall–Kier alpha value is -3.53. The summed E-state index contributed by atoms with van der Waals surface area (Å²) < 4.78 is 59.9. The van der Waals surface area contributed by atoms with Gasteiger partial charge < -0.3 is 4.74 Å². The summed E-state index contributed by atoms with van der Waals surface area (Å²) in [6, 6.07) is 9.28. The predicted molar refractivity (Wildman–Crippen MR) is 101 cm³/mol. The molecule has 7 nitrogen and oxygen atoms in total. The number of anilines is 2. The van der Waals surface area contributed by atoms with Crippen LogP contribution < -0.4 is 14.4 Å². The largest absolute Gasteiger partial charge is 0.453 e. The molecule has 2 heterocycles. The van der Waals surface area contributed by atoms with Gasteiger partial charge in [0.05, 0.1) is 16.1 Å². The molecule has 3 aromatic rings. The fraction of sp³-hybridized carbons (Fsp3) is 0.0526. The van der Waals surface area contributed by atoms with Crippen LogP contribution in [0, 0.1) is 11.6 Å². The van der Waals surface area contributed by atoms with Gasteiger partial charge in [0.2, 0.25) is 0 Å². The second-order valence-corrected chi connectivity index (χ2v) is 7.90. The normalized spacial score (nSPS) is 13.2. The van der Waals surface area contributed by atoms with E-state index in [4.69, 9.17) is 4.74 Å². The van der Waals surface area contributed by atoms with E-state index in [0.717, 1.165) is 18.2 Å². The first-order chi connectivity index (χ1) is 13.7. The minimum absolute atomic E-state index is 0.00111. The summed E-state index contributed by atoms with van der Waals surface area (Å²) in [5.74, 6) is -1.60. The number of nitrogens with one attached hydrogen (secondary N) is 1. The molecule has 0 unspecified atom stereocenters. The molecule has 0 spiro atoms. The van der Waals surface area contributed by atoms with Crippen LogP contribution >= 0.6 is 0 Å². The molecule has 0 atom stereocenters. The van der Waals surface area contributed by atoms with Crippen LogP contribution in [0.1, 0.15) is 10.4 Å². The summed E-state index contributed by atoms with van der Waals surface area (Å²) in [5, 5.41) is 0. The van der Waals surface area contributed by atoms with Crippen molar-refractivity contribution in [3.05, 3.63) is 71.9 Å². The lowest BCUT2D eigenvalue weighted by molar-refractivity contribution is 0.0992. The van der Waals surface area contributed by atoms with E-state index < -0.39 is 27.6 Å². The fourth-order valence-corrected chi connectivity index (χ4v) is 3.93. The number of fused-ring (bicyclic) bond motifs is 2. The Bertz CT molecular complexity index is 1230. The lowest BCUT2D eigenvalue weighted by Gasteiger charge is -2.14. The van der Waals surface area contributed by atoms with Gasteiger partial charge in [-0.15, -0.1) is 0 Å². The summed E-state index contributed by atoms with van der Waals surface area (Å²) in [6.07, 6.45) is 1.50. The third kappa shape index (κ3) is 3.49. The van der Waals surface area contributed by atoms with Crippen LogP contribution in [-0.2, 0) is 10.0 Å². The summed E-state index contributed by atoms with van der Waals surface area (Å²) in [7, 11) is -2.74. The van der Waals surface area contributed by atoms with Gasteiger partial charge in [-0.3, -0.25) is 14.4 Å². The Balaban J connectivity index is 1.74. The van der Waals surface area contributed by atoms with Crippen LogP contribution in [0.5, 0.6) is 11.5 Å². The average Bonchev–Trinajstić information content (AvgIpc) is 2.76. The summed E-state index contributed by atoms with van der Waals surface area (Å²) in [4.78, 5) is 17.9. The Morgan fingerprint density at radius 2 is 1.76 bits per heavy atom. The van der Waals surface area contributed by atoms with E-state index in [9.17, 15) is 22.0 Å². The van der Waals surface area contributed by atoms with E-state index in [1.54, 1.807) is 12.1 Å². The number of ether oxygens (including phenoxy) is 1. The molecule has 1 N–H and O–H groups in total. The number of aromatic nitrogens is 1. The highest BCUT2D eigenvalue weighted by molar-refractivity contribution is 7.92. The van der Waals surface area contributed by atoms with Crippen LogP contribution in [-0.4, -0.2) is 26.4 Å². The van der Waals surface area contributed by atoms with Crippen LogP contribution in [0.2, 0.25) is 0 Å². The number of sulfonamides is 1. The van der Waals surface area contributed by atoms with Crippen molar-refractivity contribution in [3.8, 4) is 11.5 Å². The minimum Gasteiger partial charge on any atom is -0.453 e. The molecule has 1 aliphatic heterocycles. The molecule has 1 aromatic heterocycles. The zero-order chi connectivity index (χ0) is 20.8. The quantitative estimate of drug-likeness (QED) is 0.704. The van der Waals surface area contributed by atoms with Gasteiger partial charge in [0.25, 0.3) is 15.9 Å². The maximum absolute atomic E-state index is 13.4. The van der Waals surface area contributed by atoms with Gasteiger partial charge in [-0.05, 0) is 42.5 Å². The lowest BCUT2D eigenvalue weighted by Crippen LogP contribution is -2.26. The SMILES string of the molecule is CN1C(=O)c2cc(S(=O)(=O)Nc3cc(F)cc(F)c3)ccc2Oc2cccnc21. The molecule has 29 heavy (non-hydrogen) atoms. The number of rotatable bonds is 3. The fourth-order valence-electron chi connectivity index (χ4n) is 2.87. The molecular weight excluding hydrogens is 404 g/mol. The molecule has 1 amide bonds. The van der Waals surface area contributed by atoms with Crippen LogP contribution in [0.4, 0.5) is 20.3 Å². The maximum Gasteiger partial charge on any atom is 0.263 e. The summed E-state index contributed by atoms with van der Waals surface area (Å²) >= 11 is 0. The third-order valence-corrected chi connectivity index (χ3v) is 5.58. The maximum atomic E-state index is 13.4. The Labute approximate surface area is 164 Å². The van der Waals surface area contributed by atoms with Crippen LogP contribution in [0.15, 0.2) is 59.6 Å². The molecule has 148 valence electrons. The van der Waals surface area contributed by atoms with Crippen molar-refractivity contribution in [2.24, 2.45) is 0 Å². The van der Waals surface area contributed by atoms with E-state index in [-0.39, 0.29) is 27.7 Å². The van der Waals surface area contributed by atoms with E-state index in [0.29, 0.717) is 11.8 Å². The highest BCUT2D eigenvalue weighted by Gasteiger charge is 2.28. The Morgan fingerprint density at radius 1 is 1.03 bits per heavy atom. The molecular formula is C19H13F2N3O4S. The molecule has 2 aromatic carbocycles. The van der Waals surface area contributed by atoms with Gasteiger partial charge in [-0.25, -0.2) is 22.2 Å². The minimum atomic E-state index is -4.23. The van der Waals surface area contributed by atoms with Crippen molar-refractivity contribution >= 4 is 27.4 Å². The van der Waals surface area contributed by atoms with E-state index in [2.05, 4.69) is 9.71 Å². The van der Waals surface area contributed by atoms with Gasteiger partial charge in [0.1, 0.15) is 17.4 Å². The van der Waals surface area contributed by atoms with Crippen LogP contribution in [0.3, 0.4) is 0 Å². The molecule has 0 saturated carbocycles. The average molecular weight is 417 g/mol. The second-order valence-electron chi connectivity index (χ2n) is 6.21. The zero-order valence-corrected chi connectivity index (χ0v) is 15.7. The van der Waals surface area contributed by atoms with Gasteiger partial charge in [-0.1, -0.05) is 0 Å². The van der Waals surface area contributed by atoms with Crippen molar-refractivity contribution in [1.82, 2.24) is 4.98 Å². The lowest BCUT2D eigenvalue weighted by atomic mass is 10.2. The number of hydrogen-bond acceptors (Lipinski definition) is 5. The van der Waals surface area contributed by atoms with Gasteiger partial charge >= 0.3 is 0 Å². The highest BCUT2D eigenvalue weighted by atomic mass is 32.2. The molecule has 0 radical (unpaired) electrons. The molecule has 1 aliphatic rings. The molecule has 4 rings (SSSR count). The first kappa shape index (κ1) is 18.8. The van der Waals surface area contributed by atoms with Crippen molar-refractivity contribution in [2.75, 3.05) is 16.7 Å². The van der Waals surface area contributed by atoms with Crippen molar-refractivity contribution in [2.45, 2.75) is 4.90 Å².